The topological polar surface area (TPSA) is 44.8 Å². The predicted molar refractivity (Wildman–Crippen MR) is 58.7 cm³/mol. The number of carbonyl (C=O) groups is 1. The van der Waals surface area contributed by atoms with E-state index in [9.17, 15) is 53.1 Å². The Morgan fingerprint density at radius 1 is 0.769 bits per heavy atom. The first-order valence-corrected chi connectivity index (χ1v) is 6.30. The van der Waals surface area contributed by atoms with Gasteiger partial charge in [0.25, 0.3) is 0 Å². The minimum Gasteiger partial charge on any atom is -0.462 e. The van der Waals surface area contributed by atoms with Gasteiger partial charge in [0, 0.05) is 13.8 Å². The monoisotopic (exact) mass is 416 g/mol. The van der Waals surface area contributed by atoms with Crippen molar-refractivity contribution in [3.05, 3.63) is 0 Å². The molecule has 2 unspecified atom stereocenters. The molecule has 0 spiro atoms. The summed E-state index contributed by atoms with van der Waals surface area (Å²) in [6, 6.07) is 0. The van der Waals surface area contributed by atoms with Crippen molar-refractivity contribution in [3.63, 3.8) is 0 Å². The lowest BCUT2D eigenvalue weighted by Crippen LogP contribution is -2.60. The number of hydrogen-bond donors (Lipinski definition) is 0. The zero-order chi connectivity index (χ0) is 21.4. The van der Waals surface area contributed by atoms with E-state index in [-0.39, 0.29) is 6.92 Å². The van der Waals surface area contributed by atoms with Crippen LogP contribution in [0.4, 0.5) is 48.3 Å². The van der Waals surface area contributed by atoms with Crippen molar-refractivity contribution >= 4 is 5.97 Å². The molecule has 0 aliphatic carbocycles. The van der Waals surface area contributed by atoms with E-state index in [1.807, 2.05) is 0 Å². The quantitative estimate of drug-likeness (QED) is 0.437. The predicted octanol–water partition coefficient (Wildman–Crippen LogP) is 4.34. The van der Waals surface area contributed by atoms with Gasteiger partial charge in [0.15, 0.2) is 0 Å². The van der Waals surface area contributed by atoms with E-state index in [1.165, 1.54) is 0 Å². The zero-order valence-electron chi connectivity index (χ0n) is 13.0. The molecule has 0 aromatic carbocycles. The Hall–Kier alpha value is -1.38. The van der Waals surface area contributed by atoms with Crippen molar-refractivity contribution in [2.24, 2.45) is 0 Å². The maximum atomic E-state index is 13.7. The Balaban J connectivity index is 5.63. The van der Waals surface area contributed by atoms with Gasteiger partial charge in [0.1, 0.15) is 0 Å². The molecule has 156 valence electrons. The molecule has 0 heterocycles. The second kappa shape index (κ2) is 6.98. The van der Waals surface area contributed by atoms with Crippen LogP contribution in [0.2, 0.25) is 0 Å². The highest BCUT2D eigenvalue weighted by atomic mass is 19.4. The smallest absolute Gasteiger partial charge is 0.462 e. The van der Waals surface area contributed by atoms with Crippen molar-refractivity contribution in [2.75, 3.05) is 6.61 Å². The van der Waals surface area contributed by atoms with Crippen molar-refractivity contribution in [2.45, 2.75) is 56.8 Å². The Morgan fingerprint density at radius 3 is 1.54 bits per heavy atom. The van der Waals surface area contributed by atoms with E-state index in [2.05, 4.69) is 14.2 Å². The Labute approximate surface area is 138 Å². The molecule has 0 saturated carbocycles. The molecule has 0 aromatic rings. The largest absolute Gasteiger partial charge is 0.462 e. The van der Waals surface area contributed by atoms with E-state index in [4.69, 9.17) is 0 Å². The van der Waals surface area contributed by atoms with E-state index in [1.54, 1.807) is 0 Å². The fraction of sp³-hybridized carbons (Fsp3) is 0.909. The molecule has 4 nitrogen and oxygen atoms in total. The average molecular weight is 416 g/mol. The van der Waals surface area contributed by atoms with Crippen molar-refractivity contribution in [1.82, 2.24) is 0 Å². The van der Waals surface area contributed by atoms with Crippen LogP contribution >= 0.6 is 0 Å². The molecule has 0 bridgehead atoms. The minimum absolute atomic E-state index is 0.0859. The van der Waals surface area contributed by atoms with Crippen LogP contribution < -0.4 is 0 Å². The highest BCUT2D eigenvalue weighted by molar-refractivity contribution is 5.77. The molecule has 2 atom stereocenters. The van der Waals surface area contributed by atoms with Gasteiger partial charge in [-0.3, -0.25) is 9.47 Å². The minimum atomic E-state index is -7.09. The highest BCUT2D eigenvalue weighted by Crippen LogP contribution is 2.51. The molecule has 0 amide bonds. The third-order valence-electron chi connectivity index (χ3n) is 2.52. The lowest BCUT2D eigenvalue weighted by molar-refractivity contribution is -0.499. The summed E-state index contributed by atoms with van der Waals surface area (Å²) < 4.78 is 150. The molecule has 0 aromatic heterocycles. The number of hydrogen-bond acceptors (Lipinski definition) is 4. The third kappa shape index (κ3) is 4.86. The first-order chi connectivity index (χ1) is 11.1. The van der Waals surface area contributed by atoms with Crippen molar-refractivity contribution < 1.29 is 67.3 Å². The summed E-state index contributed by atoms with van der Waals surface area (Å²) in [5.74, 6) is -18.9. The second-order valence-electron chi connectivity index (χ2n) is 4.86. The molecular formula is C11H11F11O4. The summed E-state index contributed by atoms with van der Waals surface area (Å²) in [6.45, 7) is -0.340. The van der Waals surface area contributed by atoms with E-state index in [0.717, 1.165) is 6.92 Å². The zero-order valence-corrected chi connectivity index (χ0v) is 13.0. The van der Waals surface area contributed by atoms with Crippen LogP contribution in [0.3, 0.4) is 0 Å². The van der Waals surface area contributed by atoms with Gasteiger partial charge < -0.3 is 4.74 Å². The van der Waals surface area contributed by atoms with Gasteiger partial charge in [-0.15, -0.1) is 0 Å². The SMILES string of the molecule is CCOC(=O)C(C)(F)OC(F)(F)C(C)(F)OC(F)(F)C(F)(F)C(F)(F)F. The Morgan fingerprint density at radius 2 is 1.19 bits per heavy atom. The number of esters is 1. The van der Waals surface area contributed by atoms with Gasteiger partial charge in [-0.2, -0.15) is 43.9 Å². The van der Waals surface area contributed by atoms with Gasteiger partial charge in [0.2, 0.25) is 0 Å². The number of alkyl halides is 11. The van der Waals surface area contributed by atoms with Crippen LogP contribution in [0.1, 0.15) is 20.8 Å². The Kier molecular flexibility index (Phi) is 6.61. The van der Waals surface area contributed by atoms with Crippen molar-refractivity contribution in [1.29, 1.82) is 0 Å². The van der Waals surface area contributed by atoms with Gasteiger partial charge in [-0.05, 0) is 6.92 Å². The number of carbonyl (C=O) groups excluding carboxylic acids is 1. The maximum absolute atomic E-state index is 13.7. The standard InChI is InChI=1S/C11H11F11O4/c1-4-24-5(23)6(2,12)25-10(19,20)7(3,13)26-11(21,22)8(14,15)9(16,17)18/h4H2,1-3H3. The number of halogens is 11. The fourth-order valence-corrected chi connectivity index (χ4v) is 1.16. The summed E-state index contributed by atoms with van der Waals surface area (Å²) in [5, 5.41) is 0. The fourth-order valence-electron chi connectivity index (χ4n) is 1.16. The van der Waals surface area contributed by atoms with Gasteiger partial charge in [0.05, 0.1) is 6.61 Å². The first-order valence-electron chi connectivity index (χ1n) is 6.30. The van der Waals surface area contributed by atoms with Gasteiger partial charge in [-0.25, -0.2) is 9.18 Å². The van der Waals surface area contributed by atoms with E-state index in [0.29, 0.717) is 0 Å². The molecular weight excluding hydrogens is 405 g/mol. The summed E-state index contributed by atoms with van der Waals surface area (Å²) >= 11 is 0. The van der Waals surface area contributed by atoms with Gasteiger partial charge in [-0.1, -0.05) is 0 Å². The van der Waals surface area contributed by atoms with E-state index < -0.39 is 55.5 Å². The number of ether oxygens (including phenoxy) is 3. The van der Waals surface area contributed by atoms with Gasteiger partial charge >= 0.3 is 42.0 Å². The molecule has 0 aliphatic heterocycles. The summed E-state index contributed by atoms with van der Waals surface area (Å²) in [5.41, 5.74) is 0. The molecule has 0 fully saturated rings. The first kappa shape index (κ1) is 24.6. The molecule has 26 heavy (non-hydrogen) atoms. The van der Waals surface area contributed by atoms with Crippen LogP contribution in [-0.2, 0) is 19.0 Å². The van der Waals surface area contributed by atoms with E-state index >= 15 is 0 Å². The number of rotatable bonds is 8. The molecule has 0 aliphatic rings. The van der Waals surface area contributed by atoms with Crippen LogP contribution in [0, 0.1) is 0 Å². The third-order valence-corrected chi connectivity index (χ3v) is 2.52. The van der Waals surface area contributed by atoms with Crippen LogP contribution in [0.25, 0.3) is 0 Å². The summed E-state index contributed by atoms with van der Waals surface area (Å²) in [7, 11) is 0. The van der Waals surface area contributed by atoms with Crippen LogP contribution in [-0.4, -0.2) is 48.6 Å². The summed E-state index contributed by atoms with van der Waals surface area (Å²) in [6.07, 6.45) is -19.8. The highest BCUT2D eigenvalue weighted by Gasteiger charge is 2.78. The van der Waals surface area contributed by atoms with Crippen molar-refractivity contribution in [3.8, 4) is 0 Å². The lowest BCUT2D eigenvalue weighted by Gasteiger charge is -2.36. The molecule has 0 rings (SSSR count). The second-order valence-corrected chi connectivity index (χ2v) is 4.86. The molecule has 0 N–H and O–H groups in total. The van der Waals surface area contributed by atoms with Crippen LogP contribution in [0.15, 0.2) is 0 Å². The normalized spacial score (nSPS) is 18.8. The summed E-state index contributed by atoms with van der Waals surface area (Å²) in [4.78, 5) is 11.0. The molecule has 0 radical (unpaired) electrons. The molecule has 15 heteroatoms. The molecule has 0 saturated heterocycles. The van der Waals surface area contributed by atoms with Crippen LogP contribution in [0.5, 0.6) is 0 Å². The lowest BCUT2D eigenvalue weighted by atomic mass is 10.2. The maximum Gasteiger partial charge on any atom is 0.462 e. The average Bonchev–Trinajstić information content (AvgIpc) is 2.34. The Bertz CT molecular complexity index is 513.